The van der Waals surface area contributed by atoms with Crippen molar-refractivity contribution in [3.05, 3.63) is 35.9 Å². The van der Waals surface area contributed by atoms with Crippen molar-refractivity contribution in [3.8, 4) is 0 Å². The Bertz CT molecular complexity index is 666. The Kier molecular flexibility index (Phi) is 6.44. The Morgan fingerprint density at radius 1 is 0.964 bits per heavy atom. The summed E-state index contributed by atoms with van der Waals surface area (Å²) in [7, 11) is 0. The normalized spacial score (nSPS) is 20.9. The smallest absolute Gasteiger partial charge is 0.410 e. The van der Waals surface area contributed by atoms with Crippen molar-refractivity contribution in [2.75, 3.05) is 39.3 Å². The number of carbonyl (C=O) groups is 2. The highest BCUT2D eigenvalue weighted by atomic mass is 16.6. The summed E-state index contributed by atoms with van der Waals surface area (Å²) in [5, 5.41) is 0. The number of amides is 2. The summed E-state index contributed by atoms with van der Waals surface area (Å²) < 4.78 is 10.9. The van der Waals surface area contributed by atoms with Crippen molar-refractivity contribution in [1.29, 1.82) is 0 Å². The Labute approximate surface area is 167 Å². The second-order valence-electron chi connectivity index (χ2n) is 8.43. The lowest BCUT2D eigenvalue weighted by Crippen LogP contribution is -2.52. The van der Waals surface area contributed by atoms with E-state index in [2.05, 4.69) is 4.90 Å². The molecule has 1 aromatic rings. The van der Waals surface area contributed by atoms with Gasteiger partial charge in [-0.3, -0.25) is 4.90 Å². The van der Waals surface area contributed by atoms with Crippen molar-refractivity contribution in [2.45, 2.75) is 45.4 Å². The summed E-state index contributed by atoms with van der Waals surface area (Å²) in [5.41, 5.74) is 0.517. The van der Waals surface area contributed by atoms with Crippen molar-refractivity contribution in [3.63, 3.8) is 0 Å². The predicted octanol–water partition coefficient (Wildman–Crippen LogP) is 2.95. The molecule has 1 atom stereocenters. The van der Waals surface area contributed by atoms with E-state index >= 15 is 0 Å². The zero-order valence-corrected chi connectivity index (χ0v) is 17.1. The molecule has 7 heteroatoms. The summed E-state index contributed by atoms with van der Waals surface area (Å²) in [6.07, 6.45) is 0.445. The Hall–Kier alpha value is -2.28. The Morgan fingerprint density at radius 2 is 1.64 bits per heavy atom. The van der Waals surface area contributed by atoms with E-state index in [1.54, 1.807) is 9.80 Å². The van der Waals surface area contributed by atoms with Gasteiger partial charge in [0.1, 0.15) is 12.2 Å². The molecule has 0 saturated carbocycles. The van der Waals surface area contributed by atoms with Crippen molar-refractivity contribution < 1.29 is 19.1 Å². The molecule has 154 valence electrons. The summed E-state index contributed by atoms with van der Waals surface area (Å²) in [5.74, 6) is 0. The number of ether oxygens (including phenoxy) is 2. The topological polar surface area (TPSA) is 62.3 Å². The fourth-order valence-corrected chi connectivity index (χ4v) is 3.61. The molecule has 0 unspecified atom stereocenters. The summed E-state index contributed by atoms with van der Waals surface area (Å²) in [6.45, 7) is 10.3. The van der Waals surface area contributed by atoms with E-state index in [1.165, 1.54) is 0 Å². The van der Waals surface area contributed by atoms with E-state index in [4.69, 9.17) is 9.47 Å². The molecule has 28 heavy (non-hydrogen) atoms. The van der Waals surface area contributed by atoms with Crippen molar-refractivity contribution in [1.82, 2.24) is 14.7 Å². The van der Waals surface area contributed by atoms with Gasteiger partial charge in [-0.2, -0.15) is 0 Å². The monoisotopic (exact) mass is 389 g/mol. The first-order chi connectivity index (χ1) is 13.3. The molecule has 0 aromatic heterocycles. The lowest BCUT2D eigenvalue weighted by Gasteiger charge is -2.37. The van der Waals surface area contributed by atoms with Gasteiger partial charge in [0.25, 0.3) is 0 Å². The minimum absolute atomic E-state index is 0.238. The second kappa shape index (κ2) is 8.82. The lowest BCUT2D eigenvalue weighted by atomic mass is 10.2. The van der Waals surface area contributed by atoms with Crippen LogP contribution in [0.1, 0.15) is 32.8 Å². The summed E-state index contributed by atoms with van der Waals surface area (Å²) in [6, 6.07) is 10.0. The van der Waals surface area contributed by atoms with Gasteiger partial charge in [0.05, 0.1) is 0 Å². The van der Waals surface area contributed by atoms with Gasteiger partial charge in [0.2, 0.25) is 0 Å². The predicted molar refractivity (Wildman–Crippen MR) is 106 cm³/mol. The molecule has 7 nitrogen and oxygen atoms in total. The molecule has 0 N–H and O–H groups in total. The number of hydrogen-bond acceptors (Lipinski definition) is 5. The third-order valence-electron chi connectivity index (χ3n) is 5.11. The molecule has 2 saturated heterocycles. The van der Waals surface area contributed by atoms with Crippen LogP contribution in [0.2, 0.25) is 0 Å². The Balaban J connectivity index is 1.40. The quantitative estimate of drug-likeness (QED) is 0.795. The van der Waals surface area contributed by atoms with Gasteiger partial charge in [0.15, 0.2) is 0 Å². The van der Waals surface area contributed by atoms with E-state index in [0.717, 1.165) is 31.6 Å². The molecular formula is C21H31N3O4. The van der Waals surface area contributed by atoms with Gasteiger partial charge >= 0.3 is 12.2 Å². The van der Waals surface area contributed by atoms with E-state index in [-0.39, 0.29) is 12.2 Å². The Morgan fingerprint density at radius 3 is 2.29 bits per heavy atom. The first-order valence-electron chi connectivity index (χ1n) is 9.99. The first-order valence-corrected chi connectivity index (χ1v) is 9.99. The molecule has 0 bridgehead atoms. The van der Waals surface area contributed by atoms with Crippen LogP contribution in [0.25, 0.3) is 0 Å². The van der Waals surface area contributed by atoms with E-state index < -0.39 is 5.60 Å². The number of benzene rings is 1. The highest BCUT2D eigenvalue weighted by molar-refractivity contribution is 5.68. The van der Waals surface area contributed by atoms with Crippen LogP contribution >= 0.6 is 0 Å². The molecule has 2 amide bonds. The number of rotatable bonds is 3. The molecule has 2 fully saturated rings. The van der Waals surface area contributed by atoms with Crippen LogP contribution in [0.5, 0.6) is 0 Å². The number of nitrogens with zero attached hydrogens (tertiary/aromatic N) is 3. The third-order valence-corrected chi connectivity index (χ3v) is 5.11. The molecule has 2 heterocycles. The summed E-state index contributed by atoms with van der Waals surface area (Å²) >= 11 is 0. The minimum atomic E-state index is -0.471. The van der Waals surface area contributed by atoms with E-state index in [1.807, 2.05) is 51.1 Å². The number of hydrogen-bond donors (Lipinski definition) is 0. The van der Waals surface area contributed by atoms with Crippen LogP contribution < -0.4 is 0 Å². The fourth-order valence-electron chi connectivity index (χ4n) is 3.61. The number of likely N-dealkylation sites (tertiary alicyclic amines) is 1. The minimum Gasteiger partial charge on any atom is -0.445 e. The lowest BCUT2D eigenvalue weighted by molar-refractivity contribution is 0.0267. The zero-order valence-electron chi connectivity index (χ0n) is 17.1. The maximum atomic E-state index is 12.3. The van der Waals surface area contributed by atoms with Crippen LogP contribution in [0, 0.1) is 0 Å². The van der Waals surface area contributed by atoms with Crippen LogP contribution in [0.4, 0.5) is 9.59 Å². The molecular weight excluding hydrogens is 358 g/mol. The van der Waals surface area contributed by atoms with Gasteiger partial charge in [-0.15, -0.1) is 0 Å². The largest absolute Gasteiger partial charge is 0.445 e. The number of piperazine rings is 1. The maximum Gasteiger partial charge on any atom is 0.410 e. The van der Waals surface area contributed by atoms with Crippen LogP contribution in [0.3, 0.4) is 0 Å². The number of carbonyl (C=O) groups excluding carboxylic acids is 2. The van der Waals surface area contributed by atoms with Crippen LogP contribution in [0.15, 0.2) is 30.3 Å². The van der Waals surface area contributed by atoms with Gasteiger partial charge in [-0.05, 0) is 32.8 Å². The molecule has 0 radical (unpaired) electrons. The van der Waals surface area contributed by atoms with Crippen molar-refractivity contribution >= 4 is 12.2 Å². The maximum absolute atomic E-state index is 12.3. The second-order valence-corrected chi connectivity index (χ2v) is 8.43. The molecule has 0 aliphatic carbocycles. The van der Waals surface area contributed by atoms with Gasteiger partial charge in [0, 0.05) is 45.3 Å². The first kappa shape index (κ1) is 20.5. The molecule has 0 spiro atoms. The van der Waals surface area contributed by atoms with Gasteiger partial charge < -0.3 is 19.3 Å². The average Bonchev–Trinajstić information content (AvgIpc) is 3.16. The van der Waals surface area contributed by atoms with Crippen LogP contribution in [-0.4, -0.2) is 77.8 Å². The zero-order chi connectivity index (χ0) is 20.1. The standard InChI is InChI=1S/C21H31N3O4/c1-21(2,3)28-20(26)24-10-9-18(15-24)22-11-13-23(14-12-22)19(25)27-16-17-7-5-4-6-8-17/h4-8,18H,9-16H2,1-3H3/t18-/m0/s1. The average molecular weight is 389 g/mol. The van der Waals surface area contributed by atoms with Crippen molar-refractivity contribution in [2.24, 2.45) is 0 Å². The molecule has 2 aliphatic rings. The molecule has 1 aromatic carbocycles. The van der Waals surface area contributed by atoms with E-state index in [0.29, 0.717) is 32.3 Å². The molecule has 2 aliphatic heterocycles. The van der Waals surface area contributed by atoms with Crippen LogP contribution in [-0.2, 0) is 16.1 Å². The third kappa shape index (κ3) is 5.61. The molecule has 3 rings (SSSR count). The van der Waals surface area contributed by atoms with E-state index in [9.17, 15) is 9.59 Å². The summed E-state index contributed by atoms with van der Waals surface area (Å²) in [4.78, 5) is 30.4. The SMILES string of the molecule is CC(C)(C)OC(=O)N1CC[C@H](N2CCN(C(=O)OCc3ccccc3)CC2)C1. The highest BCUT2D eigenvalue weighted by Crippen LogP contribution is 2.20. The fraction of sp³-hybridized carbons (Fsp3) is 0.619. The van der Waals surface area contributed by atoms with Gasteiger partial charge in [-0.25, -0.2) is 9.59 Å². The highest BCUT2D eigenvalue weighted by Gasteiger charge is 2.34. The van der Waals surface area contributed by atoms with Gasteiger partial charge in [-0.1, -0.05) is 30.3 Å².